The van der Waals surface area contributed by atoms with Crippen molar-refractivity contribution in [2.24, 2.45) is 5.73 Å². The van der Waals surface area contributed by atoms with Gasteiger partial charge in [-0.05, 0) is 37.1 Å². The van der Waals surface area contributed by atoms with Gasteiger partial charge < -0.3 is 15.4 Å². The monoisotopic (exact) mass is 296 g/mol. The van der Waals surface area contributed by atoms with Crippen LogP contribution in [0.5, 0.6) is 0 Å². The molecule has 1 aromatic rings. The second-order valence-corrected chi connectivity index (χ2v) is 5.43. The molecule has 1 amide bonds. The van der Waals surface area contributed by atoms with Crippen molar-refractivity contribution in [1.82, 2.24) is 4.90 Å². The lowest BCUT2D eigenvalue weighted by atomic mass is 10.1. The molecular formula is C15H21ClN2O2. The standard InChI is InChI=1S/C15H21ClN2O2/c16-13-6-4-12(5-7-13)14-11-18(9-10-20-14)15(19)3-1-2-8-17/h4-7,14H,1-3,8-11,17H2/t14-/m0/s1. The summed E-state index contributed by atoms with van der Waals surface area (Å²) >= 11 is 5.89. The van der Waals surface area contributed by atoms with Gasteiger partial charge in [-0.2, -0.15) is 0 Å². The maximum atomic E-state index is 12.1. The molecule has 0 saturated carbocycles. The number of morpholine rings is 1. The fraction of sp³-hybridized carbons (Fsp3) is 0.533. The van der Waals surface area contributed by atoms with Crippen LogP contribution in [0.1, 0.15) is 30.9 Å². The third-order valence-corrected chi connectivity index (χ3v) is 3.76. The number of amides is 1. The Kier molecular flexibility index (Phi) is 5.83. The molecule has 2 rings (SSSR count). The highest BCUT2D eigenvalue weighted by atomic mass is 35.5. The van der Waals surface area contributed by atoms with E-state index in [2.05, 4.69) is 0 Å². The summed E-state index contributed by atoms with van der Waals surface area (Å²) in [5.41, 5.74) is 6.51. The summed E-state index contributed by atoms with van der Waals surface area (Å²) in [5.74, 6) is 0.195. The fourth-order valence-electron chi connectivity index (χ4n) is 2.33. The molecule has 1 aliphatic heterocycles. The Labute approximate surface area is 124 Å². The maximum absolute atomic E-state index is 12.1. The summed E-state index contributed by atoms with van der Waals surface area (Å²) in [6, 6.07) is 7.61. The molecule has 1 heterocycles. The normalized spacial score (nSPS) is 19.1. The van der Waals surface area contributed by atoms with Crippen LogP contribution < -0.4 is 5.73 Å². The number of unbranched alkanes of at least 4 members (excludes halogenated alkanes) is 1. The molecule has 1 saturated heterocycles. The van der Waals surface area contributed by atoms with Crippen LogP contribution >= 0.6 is 11.6 Å². The number of benzene rings is 1. The number of hydrogen-bond acceptors (Lipinski definition) is 3. The van der Waals surface area contributed by atoms with Crippen molar-refractivity contribution in [3.8, 4) is 0 Å². The van der Waals surface area contributed by atoms with E-state index in [1.807, 2.05) is 29.2 Å². The first-order valence-corrected chi connectivity index (χ1v) is 7.43. The van der Waals surface area contributed by atoms with Crippen LogP contribution in [0.3, 0.4) is 0 Å². The van der Waals surface area contributed by atoms with Crippen molar-refractivity contribution in [3.05, 3.63) is 34.9 Å². The Bertz CT molecular complexity index is 436. The van der Waals surface area contributed by atoms with E-state index < -0.39 is 0 Å². The van der Waals surface area contributed by atoms with E-state index in [-0.39, 0.29) is 12.0 Å². The number of carbonyl (C=O) groups is 1. The SMILES string of the molecule is NCCCCC(=O)N1CCO[C@H](c2ccc(Cl)cc2)C1. The molecule has 1 aliphatic rings. The number of ether oxygens (including phenoxy) is 1. The number of nitrogens with two attached hydrogens (primary N) is 1. The molecule has 0 aliphatic carbocycles. The molecule has 0 spiro atoms. The zero-order valence-corrected chi connectivity index (χ0v) is 12.3. The summed E-state index contributed by atoms with van der Waals surface area (Å²) < 4.78 is 5.75. The molecule has 5 heteroatoms. The van der Waals surface area contributed by atoms with Gasteiger partial charge in [-0.25, -0.2) is 0 Å². The highest BCUT2D eigenvalue weighted by Crippen LogP contribution is 2.24. The highest BCUT2D eigenvalue weighted by molar-refractivity contribution is 6.30. The zero-order valence-electron chi connectivity index (χ0n) is 11.6. The summed E-state index contributed by atoms with van der Waals surface area (Å²) in [6.45, 7) is 2.51. The Morgan fingerprint density at radius 1 is 1.35 bits per heavy atom. The lowest BCUT2D eigenvalue weighted by Gasteiger charge is -2.33. The molecular weight excluding hydrogens is 276 g/mol. The first-order valence-electron chi connectivity index (χ1n) is 7.05. The van der Waals surface area contributed by atoms with E-state index in [1.54, 1.807) is 0 Å². The third kappa shape index (κ3) is 4.20. The Morgan fingerprint density at radius 3 is 2.80 bits per heavy atom. The van der Waals surface area contributed by atoms with Crippen LogP contribution in [0.2, 0.25) is 5.02 Å². The second kappa shape index (κ2) is 7.62. The van der Waals surface area contributed by atoms with Crippen LogP contribution in [0.25, 0.3) is 0 Å². The average molecular weight is 297 g/mol. The number of nitrogens with zero attached hydrogens (tertiary/aromatic N) is 1. The van der Waals surface area contributed by atoms with Crippen molar-refractivity contribution < 1.29 is 9.53 Å². The van der Waals surface area contributed by atoms with Crippen LogP contribution in [0.15, 0.2) is 24.3 Å². The minimum atomic E-state index is -0.0560. The van der Waals surface area contributed by atoms with Crippen molar-refractivity contribution in [2.45, 2.75) is 25.4 Å². The quantitative estimate of drug-likeness (QED) is 0.849. The molecule has 2 N–H and O–H groups in total. The molecule has 110 valence electrons. The second-order valence-electron chi connectivity index (χ2n) is 5.00. The van der Waals surface area contributed by atoms with Crippen LogP contribution in [0, 0.1) is 0 Å². The van der Waals surface area contributed by atoms with Gasteiger partial charge in [0.05, 0.1) is 13.2 Å². The van der Waals surface area contributed by atoms with E-state index in [0.29, 0.717) is 37.7 Å². The van der Waals surface area contributed by atoms with Gasteiger partial charge >= 0.3 is 0 Å². The fourth-order valence-corrected chi connectivity index (χ4v) is 2.46. The van der Waals surface area contributed by atoms with Crippen molar-refractivity contribution >= 4 is 17.5 Å². The molecule has 0 aromatic heterocycles. The smallest absolute Gasteiger partial charge is 0.222 e. The average Bonchev–Trinajstić information content (AvgIpc) is 2.48. The Balaban J connectivity index is 1.91. The number of carbonyl (C=O) groups excluding carboxylic acids is 1. The maximum Gasteiger partial charge on any atom is 0.222 e. The van der Waals surface area contributed by atoms with Gasteiger partial charge in [-0.1, -0.05) is 23.7 Å². The lowest BCUT2D eigenvalue weighted by molar-refractivity contribution is -0.139. The number of rotatable bonds is 5. The van der Waals surface area contributed by atoms with Crippen LogP contribution in [-0.2, 0) is 9.53 Å². The first kappa shape index (κ1) is 15.3. The predicted molar refractivity (Wildman–Crippen MR) is 79.6 cm³/mol. The van der Waals surface area contributed by atoms with E-state index >= 15 is 0 Å². The minimum Gasteiger partial charge on any atom is -0.370 e. The summed E-state index contributed by atoms with van der Waals surface area (Å²) in [6.07, 6.45) is 2.28. The summed E-state index contributed by atoms with van der Waals surface area (Å²) in [4.78, 5) is 14.0. The molecule has 4 nitrogen and oxygen atoms in total. The molecule has 1 atom stereocenters. The molecule has 0 radical (unpaired) electrons. The van der Waals surface area contributed by atoms with Gasteiger partial charge in [0.2, 0.25) is 5.91 Å². The van der Waals surface area contributed by atoms with Crippen molar-refractivity contribution in [3.63, 3.8) is 0 Å². The van der Waals surface area contributed by atoms with Gasteiger partial charge in [0.25, 0.3) is 0 Å². The minimum absolute atomic E-state index is 0.0560. The van der Waals surface area contributed by atoms with E-state index in [4.69, 9.17) is 22.1 Å². The van der Waals surface area contributed by atoms with Gasteiger partial charge in [-0.3, -0.25) is 4.79 Å². The van der Waals surface area contributed by atoms with Gasteiger partial charge in [0.1, 0.15) is 6.10 Å². The zero-order chi connectivity index (χ0) is 14.4. The molecule has 1 aromatic carbocycles. The Hall–Kier alpha value is -1.10. The van der Waals surface area contributed by atoms with Crippen molar-refractivity contribution in [1.29, 1.82) is 0 Å². The van der Waals surface area contributed by atoms with Crippen molar-refractivity contribution in [2.75, 3.05) is 26.2 Å². The van der Waals surface area contributed by atoms with Gasteiger partial charge in [0.15, 0.2) is 0 Å². The first-order chi connectivity index (χ1) is 9.70. The molecule has 1 fully saturated rings. The third-order valence-electron chi connectivity index (χ3n) is 3.51. The van der Waals surface area contributed by atoms with E-state index in [9.17, 15) is 4.79 Å². The van der Waals surface area contributed by atoms with Crippen LogP contribution in [0.4, 0.5) is 0 Å². The molecule has 20 heavy (non-hydrogen) atoms. The predicted octanol–water partition coefficient (Wildman–Crippen LogP) is 2.37. The molecule has 0 bridgehead atoms. The lowest BCUT2D eigenvalue weighted by Crippen LogP contribution is -2.42. The van der Waals surface area contributed by atoms with Gasteiger partial charge in [0, 0.05) is 18.0 Å². The molecule has 0 unspecified atom stereocenters. The number of halogens is 1. The topological polar surface area (TPSA) is 55.6 Å². The van der Waals surface area contributed by atoms with E-state index in [0.717, 1.165) is 18.4 Å². The largest absolute Gasteiger partial charge is 0.370 e. The highest BCUT2D eigenvalue weighted by Gasteiger charge is 2.24. The van der Waals surface area contributed by atoms with Gasteiger partial charge in [-0.15, -0.1) is 0 Å². The van der Waals surface area contributed by atoms with Crippen LogP contribution in [-0.4, -0.2) is 37.0 Å². The summed E-state index contributed by atoms with van der Waals surface area (Å²) in [5, 5.41) is 0.708. The summed E-state index contributed by atoms with van der Waals surface area (Å²) in [7, 11) is 0. The Morgan fingerprint density at radius 2 is 2.10 bits per heavy atom. The van der Waals surface area contributed by atoms with E-state index in [1.165, 1.54) is 0 Å². The number of hydrogen-bond donors (Lipinski definition) is 1.